The number of unbranched alkanes of at least 4 members (excludes halogenated alkanes) is 1. The number of amides is 1. The molecule has 3 nitrogen and oxygen atoms in total. The zero-order valence-electron chi connectivity index (χ0n) is 8.52. The van der Waals surface area contributed by atoms with Crippen LogP contribution in [0.15, 0.2) is 0 Å². The molecule has 0 atom stereocenters. The minimum absolute atomic E-state index is 0.447. The van der Waals surface area contributed by atoms with Gasteiger partial charge < -0.3 is 10.1 Å². The Kier molecular flexibility index (Phi) is 4.98. The zero-order valence-corrected chi connectivity index (χ0v) is 8.52. The molecule has 3 heteroatoms. The van der Waals surface area contributed by atoms with Gasteiger partial charge in [-0.25, -0.2) is 4.79 Å². The van der Waals surface area contributed by atoms with Gasteiger partial charge >= 0.3 is 6.09 Å². The van der Waals surface area contributed by atoms with Gasteiger partial charge in [-0.1, -0.05) is 19.3 Å². The van der Waals surface area contributed by atoms with Gasteiger partial charge in [0.1, 0.15) is 0 Å². The van der Waals surface area contributed by atoms with Crippen molar-refractivity contribution >= 4 is 6.09 Å². The quantitative estimate of drug-likeness (QED) is 0.534. The molecule has 1 N–H and O–H groups in total. The Morgan fingerprint density at radius 1 is 1.62 bits per heavy atom. The maximum absolute atomic E-state index is 11.1. The first-order valence-electron chi connectivity index (χ1n) is 4.44. The van der Waals surface area contributed by atoms with E-state index in [0.29, 0.717) is 6.61 Å². The fraction of sp³-hybridized carbons (Fsp3) is 0.700. The summed E-state index contributed by atoms with van der Waals surface area (Å²) in [7, 11) is 0. The lowest BCUT2D eigenvalue weighted by atomic mass is 10.1. The Morgan fingerprint density at radius 3 is 2.69 bits per heavy atom. The van der Waals surface area contributed by atoms with Crippen LogP contribution < -0.4 is 5.32 Å². The van der Waals surface area contributed by atoms with Crippen LogP contribution in [-0.2, 0) is 4.74 Å². The normalized spacial score (nSPS) is 10.3. The fourth-order valence-corrected chi connectivity index (χ4v) is 0.637. The fourth-order valence-electron chi connectivity index (χ4n) is 0.637. The Bertz CT molecular complexity index is 203. The van der Waals surface area contributed by atoms with Crippen molar-refractivity contribution in [3.63, 3.8) is 0 Å². The molecule has 0 aliphatic rings. The van der Waals surface area contributed by atoms with Crippen molar-refractivity contribution in [3.05, 3.63) is 0 Å². The molecule has 0 aliphatic carbocycles. The summed E-state index contributed by atoms with van der Waals surface area (Å²) in [6.45, 7) is 5.97. The summed E-state index contributed by atoms with van der Waals surface area (Å²) in [6.07, 6.45) is 6.63. The third-order valence-corrected chi connectivity index (χ3v) is 1.51. The van der Waals surface area contributed by atoms with Gasteiger partial charge in [0.05, 0.1) is 12.1 Å². The highest BCUT2D eigenvalue weighted by molar-refractivity contribution is 5.68. The number of alkyl carbamates (subject to hydrolysis) is 1. The molecule has 0 fully saturated rings. The van der Waals surface area contributed by atoms with Crippen LogP contribution in [0.3, 0.4) is 0 Å². The highest BCUT2D eigenvalue weighted by atomic mass is 16.5. The molecule has 0 aromatic rings. The molecule has 74 valence electrons. The molecule has 0 heterocycles. The minimum atomic E-state index is -0.636. The second-order valence-corrected chi connectivity index (χ2v) is 3.38. The molecule has 1 amide bonds. The van der Waals surface area contributed by atoms with Crippen molar-refractivity contribution in [2.24, 2.45) is 0 Å². The smallest absolute Gasteiger partial charge is 0.408 e. The molecule has 0 bridgehead atoms. The maximum Gasteiger partial charge on any atom is 0.408 e. The molecular weight excluding hydrogens is 166 g/mol. The molecule has 0 unspecified atom stereocenters. The Hall–Kier alpha value is -1.17. The highest BCUT2D eigenvalue weighted by Gasteiger charge is 2.17. The van der Waals surface area contributed by atoms with Gasteiger partial charge in [-0.2, -0.15) is 0 Å². The lowest BCUT2D eigenvalue weighted by molar-refractivity contribution is 0.139. The Labute approximate surface area is 79.8 Å². The van der Waals surface area contributed by atoms with Crippen molar-refractivity contribution in [2.45, 2.75) is 39.2 Å². The van der Waals surface area contributed by atoms with E-state index >= 15 is 0 Å². The summed E-state index contributed by atoms with van der Waals surface area (Å²) in [4.78, 5) is 11.1. The molecule has 0 saturated carbocycles. The van der Waals surface area contributed by atoms with Gasteiger partial charge in [-0.3, -0.25) is 0 Å². The van der Waals surface area contributed by atoms with Gasteiger partial charge in [-0.15, -0.1) is 6.42 Å². The summed E-state index contributed by atoms with van der Waals surface area (Å²) in [5.41, 5.74) is -0.636. The second-order valence-electron chi connectivity index (χ2n) is 3.38. The molecule has 0 aromatic carbocycles. The summed E-state index contributed by atoms with van der Waals surface area (Å²) in [5, 5.41) is 2.57. The van der Waals surface area contributed by atoms with E-state index < -0.39 is 11.6 Å². The van der Waals surface area contributed by atoms with Crippen LogP contribution in [0.4, 0.5) is 4.79 Å². The molecule has 0 aliphatic heterocycles. The van der Waals surface area contributed by atoms with E-state index in [0.717, 1.165) is 12.8 Å². The van der Waals surface area contributed by atoms with Crippen LogP contribution in [0, 0.1) is 12.3 Å². The number of hydrogen-bond acceptors (Lipinski definition) is 2. The van der Waals surface area contributed by atoms with Crippen LogP contribution in [-0.4, -0.2) is 18.2 Å². The largest absolute Gasteiger partial charge is 0.450 e. The first-order valence-corrected chi connectivity index (χ1v) is 4.44. The van der Waals surface area contributed by atoms with Crippen molar-refractivity contribution in [1.29, 1.82) is 0 Å². The van der Waals surface area contributed by atoms with Crippen molar-refractivity contribution in [2.75, 3.05) is 6.61 Å². The summed E-state index contributed by atoms with van der Waals surface area (Å²) in [5.74, 6) is 2.45. The summed E-state index contributed by atoms with van der Waals surface area (Å²) >= 11 is 0. The third kappa shape index (κ3) is 6.03. The molecule has 0 saturated heterocycles. The van der Waals surface area contributed by atoms with E-state index in [9.17, 15) is 4.79 Å². The van der Waals surface area contributed by atoms with Crippen LogP contribution in [0.25, 0.3) is 0 Å². The molecule has 0 aromatic heterocycles. The highest BCUT2D eigenvalue weighted by Crippen LogP contribution is 1.99. The summed E-state index contributed by atoms with van der Waals surface area (Å²) < 4.78 is 4.87. The second kappa shape index (κ2) is 5.47. The predicted octanol–water partition coefficient (Wildman–Crippen LogP) is 1.92. The average molecular weight is 183 g/mol. The number of terminal acetylenes is 1. The number of carbonyl (C=O) groups is 1. The number of ether oxygens (including phenoxy) is 1. The number of rotatable bonds is 4. The third-order valence-electron chi connectivity index (χ3n) is 1.51. The Balaban J connectivity index is 3.70. The van der Waals surface area contributed by atoms with Crippen LogP contribution in [0.1, 0.15) is 33.6 Å². The number of carbonyl (C=O) groups excluding carboxylic acids is 1. The average Bonchev–Trinajstić information content (AvgIpc) is 2.04. The first-order chi connectivity index (χ1) is 6.02. The van der Waals surface area contributed by atoms with E-state index in [2.05, 4.69) is 11.2 Å². The van der Waals surface area contributed by atoms with E-state index in [-0.39, 0.29) is 0 Å². The van der Waals surface area contributed by atoms with E-state index in [1.165, 1.54) is 0 Å². The number of hydrogen-bond donors (Lipinski definition) is 1. The van der Waals surface area contributed by atoms with E-state index in [1.807, 2.05) is 6.92 Å². The first kappa shape index (κ1) is 11.8. The predicted molar refractivity (Wildman–Crippen MR) is 52.3 cm³/mol. The van der Waals surface area contributed by atoms with Crippen molar-refractivity contribution < 1.29 is 9.53 Å². The monoisotopic (exact) mass is 183 g/mol. The van der Waals surface area contributed by atoms with E-state index in [1.54, 1.807) is 13.8 Å². The molecule has 13 heavy (non-hydrogen) atoms. The maximum atomic E-state index is 11.1. The van der Waals surface area contributed by atoms with Crippen molar-refractivity contribution in [1.82, 2.24) is 5.32 Å². The van der Waals surface area contributed by atoms with Gasteiger partial charge in [0.15, 0.2) is 0 Å². The standard InChI is InChI=1S/C10H17NO2/c1-5-7-8-13-9(12)11-10(3,4)6-2/h2H,5,7-8H2,1,3-4H3,(H,11,12). The minimum Gasteiger partial charge on any atom is -0.450 e. The van der Waals surface area contributed by atoms with Gasteiger partial charge in [0.25, 0.3) is 0 Å². The Morgan fingerprint density at radius 2 is 2.23 bits per heavy atom. The van der Waals surface area contributed by atoms with Crippen molar-refractivity contribution in [3.8, 4) is 12.3 Å². The zero-order chi connectivity index (χ0) is 10.3. The molecule has 0 radical (unpaired) electrons. The van der Waals surface area contributed by atoms with Gasteiger partial charge in [-0.05, 0) is 20.3 Å². The van der Waals surface area contributed by atoms with Crippen LogP contribution in [0.2, 0.25) is 0 Å². The lowest BCUT2D eigenvalue weighted by Gasteiger charge is -2.18. The summed E-state index contributed by atoms with van der Waals surface area (Å²) in [6, 6.07) is 0. The van der Waals surface area contributed by atoms with Gasteiger partial charge in [0.2, 0.25) is 0 Å². The van der Waals surface area contributed by atoms with E-state index in [4.69, 9.17) is 11.2 Å². The molecular formula is C10H17NO2. The lowest BCUT2D eigenvalue weighted by Crippen LogP contribution is -2.42. The SMILES string of the molecule is C#CC(C)(C)NC(=O)OCCCC. The van der Waals surface area contributed by atoms with Crippen LogP contribution >= 0.6 is 0 Å². The van der Waals surface area contributed by atoms with Gasteiger partial charge in [0, 0.05) is 0 Å². The molecule has 0 spiro atoms. The number of nitrogens with one attached hydrogen (secondary N) is 1. The van der Waals surface area contributed by atoms with Crippen LogP contribution in [0.5, 0.6) is 0 Å². The molecule has 0 rings (SSSR count). The topological polar surface area (TPSA) is 38.3 Å².